The lowest BCUT2D eigenvalue weighted by Gasteiger charge is -2.10. The number of halogens is 1. The van der Waals surface area contributed by atoms with E-state index in [1.54, 1.807) is 0 Å². The third kappa shape index (κ3) is 4.49. The predicted octanol–water partition coefficient (Wildman–Crippen LogP) is 2.94. The second-order valence-corrected chi connectivity index (χ2v) is 5.14. The third-order valence-corrected chi connectivity index (χ3v) is 3.05. The van der Waals surface area contributed by atoms with Crippen LogP contribution < -0.4 is 11.1 Å². The number of nitrogens with zero attached hydrogens (tertiary/aromatic N) is 1. The summed E-state index contributed by atoms with van der Waals surface area (Å²) in [5.74, 6) is 1.59. The van der Waals surface area contributed by atoms with Gasteiger partial charge in [-0.2, -0.15) is 0 Å². The number of aryl methyl sites for hydroxylation is 1. The molecule has 1 heterocycles. The third-order valence-electron chi connectivity index (χ3n) is 2.61. The van der Waals surface area contributed by atoms with Crippen LogP contribution in [0.1, 0.15) is 25.3 Å². The highest BCUT2D eigenvalue weighted by atomic mass is 79.9. The van der Waals surface area contributed by atoms with Crippen LogP contribution in [0.4, 0.5) is 5.82 Å². The number of anilines is 1. The quantitative estimate of drug-likeness (QED) is 0.790. The highest BCUT2D eigenvalue weighted by Crippen LogP contribution is 2.16. The van der Waals surface area contributed by atoms with Crippen molar-refractivity contribution >= 4 is 21.7 Å². The molecule has 1 aromatic rings. The van der Waals surface area contributed by atoms with Gasteiger partial charge in [-0.25, -0.2) is 4.98 Å². The van der Waals surface area contributed by atoms with Gasteiger partial charge < -0.3 is 11.1 Å². The predicted molar refractivity (Wildman–Crippen MR) is 72.6 cm³/mol. The molecule has 0 spiro atoms. The molecule has 0 aliphatic carbocycles. The lowest BCUT2D eigenvalue weighted by Crippen LogP contribution is -2.12. The van der Waals surface area contributed by atoms with E-state index in [2.05, 4.69) is 46.1 Å². The van der Waals surface area contributed by atoms with E-state index in [1.807, 2.05) is 6.20 Å². The monoisotopic (exact) mass is 285 g/mol. The van der Waals surface area contributed by atoms with Crippen molar-refractivity contribution in [1.82, 2.24) is 4.98 Å². The molecule has 1 rings (SSSR count). The Morgan fingerprint density at radius 1 is 1.56 bits per heavy atom. The van der Waals surface area contributed by atoms with Crippen molar-refractivity contribution in [2.24, 2.45) is 11.7 Å². The Kier molecular flexibility index (Phi) is 5.77. The lowest BCUT2D eigenvalue weighted by molar-refractivity contribution is 0.529. The molecule has 0 radical (unpaired) electrons. The van der Waals surface area contributed by atoms with Crippen LogP contribution in [-0.4, -0.2) is 18.1 Å². The van der Waals surface area contributed by atoms with E-state index in [9.17, 15) is 0 Å². The van der Waals surface area contributed by atoms with Crippen LogP contribution in [-0.2, 0) is 0 Å². The largest absolute Gasteiger partial charge is 0.370 e. The molecule has 3 N–H and O–H groups in total. The Hall–Kier alpha value is -0.610. The number of nitrogens with two attached hydrogens (primary N) is 1. The molecule has 1 atom stereocenters. The van der Waals surface area contributed by atoms with Crippen LogP contribution in [0.2, 0.25) is 0 Å². The molecule has 0 aliphatic heterocycles. The van der Waals surface area contributed by atoms with Crippen molar-refractivity contribution in [1.29, 1.82) is 0 Å². The Morgan fingerprint density at radius 3 is 2.94 bits per heavy atom. The van der Waals surface area contributed by atoms with Gasteiger partial charge in [0.2, 0.25) is 0 Å². The zero-order valence-corrected chi connectivity index (χ0v) is 11.5. The maximum Gasteiger partial charge on any atom is 0.128 e. The van der Waals surface area contributed by atoms with E-state index in [1.165, 1.54) is 12.0 Å². The van der Waals surface area contributed by atoms with Crippen molar-refractivity contribution in [3.63, 3.8) is 0 Å². The second-order valence-electron chi connectivity index (χ2n) is 4.23. The lowest BCUT2D eigenvalue weighted by atomic mass is 10.1. The number of rotatable bonds is 6. The van der Waals surface area contributed by atoms with Crippen LogP contribution in [0.15, 0.2) is 16.7 Å². The molecule has 0 aliphatic rings. The number of nitrogens with one attached hydrogen (secondary N) is 1. The number of hydrogen-bond acceptors (Lipinski definition) is 3. The van der Waals surface area contributed by atoms with E-state index >= 15 is 0 Å². The zero-order chi connectivity index (χ0) is 12.0. The van der Waals surface area contributed by atoms with Gasteiger partial charge in [-0.05, 0) is 59.8 Å². The van der Waals surface area contributed by atoms with Crippen LogP contribution in [0.5, 0.6) is 0 Å². The van der Waals surface area contributed by atoms with Gasteiger partial charge in [-0.15, -0.1) is 0 Å². The van der Waals surface area contributed by atoms with Gasteiger partial charge in [-0.1, -0.05) is 6.92 Å². The molecule has 0 fully saturated rings. The van der Waals surface area contributed by atoms with Gasteiger partial charge in [0, 0.05) is 17.2 Å². The SMILES string of the molecule is Cc1cc(Br)cnc1NCCCC(C)CN. The molecule has 1 aromatic heterocycles. The average Bonchev–Trinajstić information content (AvgIpc) is 2.26. The van der Waals surface area contributed by atoms with Crippen molar-refractivity contribution in [3.05, 3.63) is 22.3 Å². The number of aromatic nitrogens is 1. The van der Waals surface area contributed by atoms with Gasteiger partial charge in [0.15, 0.2) is 0 Å². The van der Waals surface area contributed by atoms with Crippen LogP contribution in [0.3, 0.4) is 0 Å². The van der Waals surface area contributed by atoms with E-state index in [4.69, 9.17) is 5.73 Å². The van der Waals surface area contributed by atoms with Crippen LogP contribution in [0.25, 0.3) is 0 Å². The van der Waals surface area contributed by atoms with Crippen LogP contribution >= 0.6 is 15.9 Å². The molecule has 0 amide bonds. The van der Waals surface area contributed by atoms with Crippen molar-refractivity contribution in [2.75, 3.05) is 18.4 Å². The first kappa shape index (κ1) is 13.5. The topological polar surface area (TPSA) is 50.9 Å². The first-order chi connectivity index (χ1) is 7.63. The maximum atomic E-state index is 5.57. The van der Waals surface area contributed by atoms with Crippen molar-refractivity contribution in [3.8, 4) is 0 Å². The van der Waals surface area contributed by atoms with Gasteiger partial charge in [0.25, 0.3) is 0 Å². The van der Waals surface area contributed by atoms with Gasteiger partial charge >= 0.3 is 0 Å². The van der Waals surface area contributed by atoms with E-state index < -0.39 is 0 Å². The van der Waals surface area contributed by atoms with Gasteiger partial charge in [-0.3, -0.25) is 0 Å². The molecule has 0 bridgehead atoms. The average molecular weight is 286 g/mol. The minimum atomic E-state index is 0.612. The first-order valence-corrected chi connectivity index (χ1v) is 6.49. The minimum Gasteiger partial charge on any atom is -0.370 e. The molecule has 0 saturated heterocycles. The smallest absolute Gasteiger partial charge is 0.128 e. The summed E-state index contributed by atoms with van der Waals surface area (Å²) in [5, 5.41) is 3.35. The summed E-state index contributed by atoms with van der Waals surface area (Å²) in [4.78, 5) is 4.33. The van der Waals surface area contributed by atoms with E-state index in [0.29, 0.717) is 5.92 Å². The molecule has 0 saturated carbocycles. The maximum absolute atomic E-state index is 5.57. The molecule has 16 heavy (non-hydrogen) atoms. The molecule has 4 heteroatoms. The highest BCUT2D eigenvalue weighted by molar-refractivity contribution is 9.10. The normalized spacial score (nSPS) is 12.5. The second kappa shape index (κ2) is 6.86. The van der Waals surface area contributed by atoms with Gasteiger partial charge in [0.1, 0.15) is 5.82 Å². The fraction of sp³-hybridized carbons (Fsp3) is 0.583. The Balaban J connectivity index is 2.32. The highest BCUT2D eigenvalue weighted by Gasteiger charge is 2.01. The molecule has 0 aromatic carbocycles. The van der Waals surface area contributed by atoms with E-state index in [-0.39, 0.29) is 0 Å². The fourth-order valence-corrected chi connectivity index (χ4v) is 1.95. The summed E-state index contributed by atoms with van der Waals surface area (Å²) in [6, 6.07) is 2.07. The van der Waals surface area contributed by atoms with Crippen molar-refractivity contribution in [2.45, 2.75) is 26.7 Å². The Bertz CT molecular complexity index is 328. The Morgan fingerprint density at radius 2 is 2.31 bits per heavy atom. The zero-order valence-electron chi connectivity index (χ0n) is 9.96. The van der Waals surface area contributed by atoms with Gasteiger partial charge in [0.05, 0.1) is 0 Å². The Labute approximate surface area is 106 Å². The first-order valence-electron chi connectivity index (χ1n) is 5.69. The van der Waals surface area contributed by atoms with E-state index in [0.717, 1.165) is 29.8 Å². The minimum absolute atomic E-state index is 0.612. The van der Waals surface area contributed by atoms with Crippen LogP contribution in [0, 0.1) is 12.8 Å². The standard InChI is InChI=1S/C12H20BrN3/c1-9(7-14)4-3-5-15-12-10(2)6-11(13)8-16-12/h6,8-9H,3-5,7,14H2,1-2H3,(H,15,16). The molecule has 90 valence electrons. The summed E-state index contributed by atoms with van der Waals surface area (Å²) in [5.41, 5.74) is 6.74. The number of hydrogen-bond donors (Lipinski definition) is 2. The van der Waals surface area contributed by atoms with Crippen molar-refractivity contribution < 1.29 is 0 Å². The summed E-state index contributed by atoms with van der Waals surface area (Å²) < 4.78 is 1.02. The number of pyridine rings is 1. The fourth-order valence-electron chi connectivity index (χ4n) is 1.50. The summed E-state index contributed by atoms with van der Waals surface area (Å²) in [7, 11) is 0. The molecule has 3 nitrogen and oxygen atoms in total. The molecular formula is C12H20BrN3. The molecular weight excluding hydrogens is 266 g/mol. The summed E-state index contributed by atoms with van der Waals surface area (Å²) in [6.45, 7) is 5.97. The summed E-state index contributed by atoms with van der Waals surface area (Å²) >= 11 is 3.40. The summed E-state index contributed by atoms with van der Waals surface area (Å²) in [6.07, 6.45) is 4.12. The molecule has 1 unspecified atom stereocenters.